The summed E-state index contributed by atoms with van der Waals surface area (Å²) in [4.78, 5) is 0. The third-order valence-corrected chi connectivity index (χ3v) is 3.18. The van der Waals surface area contributed by atoms with E-state index in [2.05, 4.69) is 13.8 Å². The highest BCUT2D eigenvalue weighted by atomic mass is 16.6. The largest absolute Gasteiger partial charge is 0.373 e. The Morgan fingerprint density at radius 2 is 1.71 bits per heavy atom. The molecule has 1 heteroatoms. The van der Waals surface area contributed by atoms with Crippen LogP contribution in [0, 0.1) is 5.92 Å². The van der Waals surface area contributed by atoms with Crippen molar-refractivity contribution in [1.29, 1.82) is 0 Å². The molecule has 0 aromatic heterocycles. The van der Waals surface area contributed by atoms with Crippen LogP contribution in [-0.2, 0) is 4.74 Å². The second-order valence-electron chi connectivity index (χ2n) is 4.68. The van der Waals surface area contributed by atoms with E-state index >= 15 is 0 Å². The lowest BCUT2D eigenvalue weighted by Crippen LogP contribution is -2.00. The lowest BCUT2D eigenvalue weighted by atomic mass is 9.92. The van der Waals surface area contributed by atoms with E-state index in [0.717, 1.165) is 12.5 Å². The summed E-state index contributed by atoms with van der Waals surface area (Å²) in [7, 11) is 0. The Hall–Kier alpha value is -0.0400. The van der Waals surface area contributed by atoms with Crippen LogP contribution in [0.4, 0.5) is 0 Å². The Morgan fingerprint density at radius 3 is 2.21 bits per heavy atom. The number of hydrogen-bond donors (Lipinski definition) is 0. The Morgan fingerprint density at radius 1 is 1.07 bits per heavy atom. The summed E-state index contributed by atoms with van der Waals surface area (Å²) in [6.45, 7) is 5.65. The second-order valence-corrected chi connectivity index (χ2v) is 4.68. The average Bonchev–Trinajstić information content (AvgIpc) is 2.96. The molecule has 0 aliphatic carbocycles. The second kappa shape index (κ2) is 7.28. The van der Waals surface area contributed by atoms with Crippen molar-refractivity contribution in [1.82, 2.24) is 0 Å². The minimum atomic E-state index is 0.644. The van der Waals surface area contributed by atoms with E-state index in [0.29, 0.717) is 6.10 Å². The molecule has 1 aliphatic rings. The lowest BCUT2D eigenvalue weighted by molar-refractivity contribution is 0.366. The van der Waals surface area contributed by atoms with Crippen molar-refractivity contribution in [2.24, 2.45) is 5.92 Å². The number of ether oxygens (including phenoxy) is 1. The van der Waals surface area contributed by atoms with Gasteiger partial charge in [-0.25, -0.2) is 0 Å². The fraction of sp³-hybridized carbons (Fsp3) is 1.00. The van der Waals surface area contributed by atoms with E-state index < -0.39 is 0 Å². The van der Waals surface area contributed by atoms with Gasteiger partial charge in [0.05, 0.1) is 12.7 Å². The molecule has 1 saturated heterocycles. The van der Waals surface area contributed by atoms with Crippen molar-refractivity contribution in [2.45, 2.75) is 71.3 Å². The van der Waals surface area contributed by atoms with Gasteiger partial charge in [0, 0.05) is 0 Å². The molecule has 0 amide bonds. The molecule has 1 atom stereocenters. The van der Waals surface area contributed by atoms with Crippen LogP contribution in [0.5, 0.6) is 0 Å². The third-order valence-electron chi connectivity index (χ3n) is 3.18. The first-order chi connectivity index (χ1) is 6.86. The fourth-order valence-electron chi connectivity index (χ4n) is 2.29. The molecule has 0 aromatic carbocycles. The van der Waals surface area contributed by atoms with E-state index in [1.54, 1.807) is 0 Å². The van der Waals surface area contributed by atoms with Crippen molar-refractivity contribution < 1.29 is 4.74 Å². The Bertz CT molecular complexity index is 123. The summed E-state index contributed by atoms with van der Waals surface area (Å²) in [5, 5.41) is 0. The maximum absolute atomic E-state index is 5.21. The molecule has 0 saturated carbocycles. The summed E-state index contributed by atoms with van der Waals surface area (Å²) in [6, 6.07) is 0. The standard InChI is InChI=1S/C13H26O/c1-3-7-12(8-4-2)9-5-6-10-13-11-14-13/h12-13H,3-11H2,1-2H3. The van der Waals surface area contributed by atoms with Crippen LogP contribution in [0.1, 0.15) is 65.2 Å². The van der Waals surface area contributed by atoms with Crippen LogP contribution in [0.2, 0.25) is 0 Å². The lowest BCUT2D eigenvalue weighted by Gasteiger charge is -2.14. The molecule has 0 radical (unpaired) electrons. The number of epoxide rings is 1. The van der Waals surface area contributed by atoms with Crippen molar-refractivity contribution in [3.63, 3.8) is 0 Å². The maximum atomic E-state index is 5.21. The molecule has 14 heavy (non-hydrogen) atoms. The summed E-state index contributed by atoms with van der Waals surface area (Å²) in [5.74, 6) is 1.00. The zero-order valence-corrected chi connectivity index (χ0v) is 9.93. The van der Waals surface area contributed by atoms with Crippen molar-refractivity contribution in [3.8, 4) is 0 Å². The van der Waals surface area contributed by atoms with E-state index in [9.17, 15) is 0 Å². The zero-order valence-electron chi connectivity index (χ0n) is 9.93. The molecule has 1 unspecified atom stereocenters. The van der Waals surface area contributed by atoms with Crippen molar-refractivity contribution in [2.75, 3.05) is 6.61 Å². The predicted octanol–water partition coefficient (Wildman–Crippen LogP) is 4.16. The van der Waals surface area contributed by atoms with Gasteiger partial charge in [0.25, 0.3) is 0 Å². The topological polar surface area (TPSA) is 12.5 Å². The summed E-state index contributed by atoms with van der Waals surface area (Å²) in [6.07, 6.45) is 11.8. The summed E-state index contributed by atoms with van der Waals surface area (Å²) >= 11 is 0. The molecule has 0 aromatic rings. The molecule has 84 valence electrons. The number of rotatable bonds is 9. The number of hydrogen-bond acceptors (Lipinski definition) is 1. The molecule has 0 N–H and O–H groups in total. The van der Waals surface area contributed by atoms with E-state index in [-0.39, 0.29) is 0 Å². The quantitative estimate of drug-likeness (QED) is 0.400. The highest BCUT2D eigenvalue weighted by molar-refractivity contribution is 4.69. The fourth-order valence-corrected chi connectivity index (χ4v) is 2.29. The first kappa shape index (κ1) is 12.0. The van der Waals surface area contributed by atoms with E-state index in [1.807, 2.05) is 0 Å². The summed E-state index contributed by atoms with van der Waals surface area (Å²) < 4.78 is 5.21. The van der Waals surface area contributed by atoms with Crippen molar-refractivity contribution >= 4 is 0 Å². The third kappa shape index (κ3) is 5.64. The van der Waals surface area contributed by atoms with Gasteiger partial charge in [-0.15, -0.1) is 0 Å². The number of unbranched alkanes of at least 4 members (excludes halogenated alkanes) is 1. The van der Waals surface area contributed by atoms with Crippen molar-refractivity contribution in [3.05, 3.63) is 0 Å². The first-order valence-corrected chi connectivity index (χ1v) is 6.48. The van der Waals surface area contributed by atoms with Gasteiger partial charge in [0.15, 0.2) is 0 Å². The molecule has 1 nitrogen and oxygen atoms in total. The van der Waals surface area contributed by atoms with Gasteiger partial charge in [-0.3, -0.25) is 0 Å². The molecule has 1 heterocycles. The van der Waals surface area contributed by atoms with Crippen LogP contribution >= 0.6 is 0 Å². The van der Waals surface area contributed by atoms with Crippen LogP contribution < -0.4 is 0 Å². The summed E-state index contributed by atoms with van der Waals surface area (Å²) in [5.41, 5.74) is 0. The average molecular weight is 198 g/mol. The van der Waals surface area contributed by atoms with Gasteiger partial charge in [-0.05, 0) is 12.3 Å². The molecule has 0 bridgehead atoms. The molecular weight excluding hydrogens is 172 g/mol. The van der Waals surface area contributed by atoms with Crippen LogP contribution in [0.3, 0.4) is 0 Å². The highest BCUT2D eigenvalue weighted by Gasteiger charge is 2.21. The van der Waals surface area contributed by atoms with Crippen LogP contribution in [0.25, 0.3) is 0 Å². The smallest absolute Gasteiger partial charge is 0.0810 e. The maximum Gasteiger partial charge on any atom is 0.0810 e. The minimum absolute atomic E-state index is 0.644. The SMILES string of the molecule is CCCC(CCC)CCCCC1CO1. The van der Waals surface area contributed by atoms with Crippen LogP contribution in [0.15, 0.2) is 0 Å². The van der Waals surface area contributed by atoms with Gasteiger partial charge >= 0.3 is 0 Å². The van der Waals surface area contributed by atoms with Gasteiger partial charge < -0.3 is 4.74 Å². The normalized spacial score (nSPS) is 20.4. The molecule has 1 rings (SSSR count). The monoisotopic (exact) mass is 198 g/mol. The highest BCUT2D eigenvalue weighted by Crippen LogP contribution is 2.23. The molecule has 0 spiro atoms. The molecular formula is C13H26O. The Labute approximate surface area is 89.2 Å². The first-order valence-electron chi connectivity index (χ1n) is 6.48. The van der Waals surface area contributed by atoms with Gasteiger partial charge in [-0.2, -0.15) is 0 Å². The molecule has 1 fully saturated rings. The van der Waals surface area contributed by atoms with Gasteiger partial charge in [0.1, 0.15) is 0 Å². The van der Waals surface area contributed by atoms with Gasteiger partial charge in [0.2, 0.25) is 0 Å². The van der Waals surface area contributed by atoms with E-state index in [1.165, 1.54) is 51.4 Å². The minimum Gasteiger partial charge on any atom is -0.373 e. The Balaban J connectivity index is 1.93. The zero-order chi connectivity index (χ0) is 10.2. The molecule has 1 aliphatic heterocycles. The van der Waals surface area contributed by atoms with E-state index in [4.69, 9.17) is 4.74 Å². The van der Waals surface area contributed by atoms with Crippen LogP contribution in [-0.4, -0.2) is 12.7 Å². The predicted molar refractivity (Wildman–Crippen MR) is 61.5 cm³/mol. The Kier molecular flexibility index (Phi) is 6.25. The van der Waals surface area contributed by atoms with Gasteiger partial charge in [-0.1, -0.05) is 58.8 Å².